The van der Waals surface area contributed by atoms with Gasteiger partial charge in [-0.2, -0.15) is 5.10 Å². The zero-order valence-corrected chi connectivity index (χ0v) is 17.7. The van der Waals surface area contributed by atoms with Crippen LogP contribution in [0, 0.1) is 0 Å². The average molecular weight is 446 g/mol. The van der Waals surface area contributed by atoms with Gasteiger partial charge in [-0.1, -0.05) is 29.4 Å². The number of benzene rings is 1. The first-order valence-electron chi connectivity index (χ1n) is 9.87. The highest BCUT2D eigenvalue weighted by atomic mass is 35.5. The number of hydrogen-bond acceptors (Lipinski definition) is 6. The van der Waals surface area contributed by atoms with Gasteiger partial charge in [-0.25, -0.2) is 9.67 Å². The minimum Gasteiger partial charge on any atom is -0.376 e. The maximum Gasteiger partial charge on any atom is 0.265 e. The molecule has 8 nitrogen and oxygen atoms in total. The molecule has 10 heteroatoms. The number of fused-ring (bicyclic) bond motifs is 2. The molecule has 2 aromatic heterocycles. The van der Waals surface area contributed by atoms with Crippen molar-refractivity contribution in [3.8, 4) is 5.69 Å². The number of aromatic nitrogens is 4. The van der Waals surface area contributed by atoms with Crippen molar-refractivity contribution in [2.75, 3.05) is 18.9 Å². The molecule has 0 bridgehead atoms. The van der Waals surface area contributed by atoms with Gasteiger partial charge in [0.2, 0.25) is 5.91 Å². The molecule has 3 aromatic rings. The number of carbonyl (C=O) groups excluding carboxylic acids is 1. The van der Waals surface area contributed by atoms with Gasteiger partial charge < -0.3 is 10.1 Å². The van der Waals surface area contributed by atoms with Crippen molar-refractivity contribution in [1.29, 1.82) is 0 Å². The number of carbonyl (C=O) groups is 1. The Morgan fingerprint density at radius 1 is 1.40 bits per heavy atom. The molecule has 0 aliphatic carbocycles. The van der Waals surface area contributed by atoms with Gasteiger partial charge in [-0.3, -0.25) is 14.2 Å². The van der Waals surface area contributed by atoms with Crippen molar-refractivity contribution in [3.05, 3.63) is 45.8 Å². The molecule has 2 aliphatic heterocycles. The number of thioether (sulfide) groups is 1. The average Bonchev–Trinajstić information content (AvgIpc) is 3.47. The standard InChI is InChI=1S/C20H20ClN5O3S/c21-12-3-1-4-13(7-12)26-18-16(10-23-26)19(28)25-14(11-30-20(25)24-18)8-17(27)22-9-15-5-2-6-29-15/h1,3-4,7,10,14-15H,2,5-6,8-9,11H2,(H,22,27)/t14-,15+/m0/s1. The Balaban J connectivity index is 1.40. The number of hydrogen-bond donors (Lipinski definition) is 1. The van der Waals surface area contributed by atoms with Crippen LogP contribution in [-0.2, 0) is 9.53 Å². The molecular formula is C20H20ClN5O3S. The van der Waals surface area contributed by atoms with Gasteiger partial charge >= 0.3 is 0 Å². The van der Waals surface area contributed by atoms with Crippen molar-refractivity contribution >= 4 is 40.3 Å². The van der Waals surface area contributed by atoms with E-state index in [-0.39, 0.29) is 30.0 Å². The number of rotatable bonds is 5. The molecule has 156 valence electrons. The van der Waals surface area contributed by atoms with E-state index in [4.69, 9.17) is 16.3 Å². The van der Waals surface area contributed by atoms with Crippen LogP contribution in [-0.4, -0.2) is 50.2 Å². The molecule has 1 amide bonds. The smallest absolute Gasteiger partial charge is 0.265 e. The maximum atomic E-state index is 13.2. The number of halogens is 1. The number of amides is 1. The van der Waals surface area contributed by atoms with Gasteiger partial charge in [0.05, 0.1) is 24.0 Å². The van der Waals surface area contributed by atoms with Crippen molar-refractivity contribution in [2.24, 2.45) is 0 Å². The van der Waals surface area contributed by atoms with Crippen LogP contribution in [0.1, 0.15) is 25.3 Å². The molecule has 1 aromatic carbocycles. The van der Waals surface area contributed by atoms with Gasteiger partial charge in [0.25, 0.3) is 5.56 Å². The van der Waals surface area contributed by atoms with Crippen LogP contribution in [0.15, 0.2) is 40.4 Å². The van der Waals surface area contributed by atoms with Crippen molar-refractivity contribution in [3.63, 3.8) is 0 Å². The fraction of sp³-hybridized carbons (Fsp3) is 0.400. The fourth-order valence-electron chi connectivity index (χ4n) is 3.90. The number of nitrogens with one attached hydrogen (secondary N) is 1. The van der Waals surface area contributed by atoms with Gasteiger partial charge in [0, 0.05) is 30.3 Å². The third-order valence-electron chi connectivity index (χ3n) is 5.40. The Morgan fingerprint density at radius 3 is 3.10 bits per heavy atom. The summed E-state index contributed by atoms with van der Waals surface area (Å²) in [4.78, 5) is 30.3. The zero-order valence-electron chi connectivity index (χ0n) is 16.1. The van der Waals surface area contributed by atoms with Crippen molar-refractivity contribution < 1.29 is 9.53 Å². The number of nitrogens with zero attached hydrogens (tertiary/aromatic N) is 4. The van der Waals surface area contributed by atoms with Crippen LogP contribution in [0.2, 0.25) is 5.02 Å². The van der Waals surface area contributed by atoms with Gasteiger partial charge in [0.15, 0.2) is 10.8 Å². The van der Waals surface area contributed by atoms with Crippen LogP contribution in [0.4, 0.5) is 0 Å². The van der Waals surface area contributed by atoms with Gasteiger partial charge in [0.1, 0.15) is 5.39 Å². The molecule has 0 spiro atoms. The first-order chi connectivity index (χ1) is 14.6. The lowest BCUT2D eigenvalue weighted by atomic mass is 10.2. The molecule has 5 rings (SSSR count). The van der Waals surface area contributed by atoms with E-state index in [1.165, 1.54) is 18.0 Å². The van der Waals surface area contributed by atoms with Gasteiger partial charge in [-0.05, 0) is 31.0 Å². The van der Waals surface area contributed by atoms with Crippen LogP contribution in [0.3, 0.4) is 0 Å². The van der Waals surface area contributed by atoms with E-state index >= 15 is 0 Å². The summed E-state index contributed by atoms with van der Waals surface area (Å²) in [5.41, 5.74) is 1.05. The van der Waals surface area contributed by atoms with Crippen molar-refractivity contribution in [1.82, 2.24) is 24.6 Å². The molecule has 1 saturated heterocycles. The van der Waals surface area contributed by atoms with Crippen molar-refractivity contribution in [2.45, 2.75) is 36.6 Å². The van der Waals surface area contributed by atoms with E-state index in [0.29, 0.717) is 33.5 Å². The van der Waals surface area contributed by atoms with Crippen LogP contribution < -0.4 is 10.9 Å². The van der Waals surface area contributed by atoms with E-state index in [9.17, 15) is 9.59 Å². The molecule has 30 heavy (non-hydrogen) atoms. The summed E-state index contributed by atoms with van der Waals surface area (Å²) in [5, 5.41) is 8.89. The third kappa shape index (κ3) is 3.61. The lowest BCUT2D eigenvalue weighted by Crippen LogP contribution is -2.34. The highest BCUT2D eigenvalue weighted by Gasteiger charge is 2.30. The zero-order chi connectivity index (χ0) is 20.7. The normalized spacial score (nSPS) is 20.6. The Bertz CT molecular complexity index is 1170. The molecule has 4 heterocycles. The number of ether oxygens (including phenoxy) is 1. The summed E-state index contributed by atoms with van der Waals surface area (Å²) in [6.45, 7) is 1.28. The van der Waals surface area contributed by atoms with E-state index in [1.807, 2.05) is 12.1 Å². The largest absolute Gasteiger partial charge is 0.376 e. The SMILES string of the molecule is O=C(C[C@H]1CSc2nc3c(cnn3-c3cccc(Cl)c3)c(=O)n21)NC[C@H]1CCCO1. The highest BCUT2D eigenvalue weighted by molar-refractivity contribution is 7.99. The molecule has 2 atom stereocenters. The summed E-state index contributed by atoms with van der Waals surface area (Å²) in [5.74, 6) is 0.554. The van der Waals surface area contributed by atoms with Crippen LogP contribution >= 0.6 is 23.4 Å². The first kappa shape index (κ1) is 19.6. The minimum atomic E-state index is -0.228. The predicted octanol–water partition coefficient (Wildman–Crippen LogP) is 2.57. The maximum absolute atomic E-state index is 13.2. The molecule has 0 unspecified atom stereocenters. The van der Waals surface area contributed by atoms with E-state index in [2.05, 4.69) is 15.4 Å². The molecule has 0 saturated carbocycles. The monoisotopic (exact) mass is 445 g/mol. The molecular weight excluding hydrogens is 426 g/mol. The van der Waals surface area contributed by atoms with E-state index < -0.39 is 0 Å². The summed E-state index contributed by atoms with van der Waals surface area (Å²) in [6.07, 6.45) is 3.87. The minimum absolute atomic E-state index is 0.0782. The lowest BCUT2D eigenvalue weighted by Gasteiger charge is -2.15. The molecule has 1 N–H and O–H groups in total. The summed E-state index contributed by atoms with van der Waals surface area (Å²) in [7, 11) is 0. The fourth-order valence-corrected chi connectivity index (χ4v) is 5.21. The topological polar surface area (TPSA) is 91.0 Å². The Hall–Kier alpha value is -2.36. The molecule has 1 fully saturated rings. The molecule has 2 aliphatic rings. The summed E-state index contributed by atoms with van der Waals surface area (Å²) >= 11 is 7.58. The lowest BCUT2D eigenvalue weighted by molar-refractivity contribution is -0.122. The van der Waals surface area contributed by atoms with E-state index in [1.54, 1.807) is 21.4 Å². The van der Waals surface area contributed by atoms with Gasteiger partial charge in [-0.15, -0.1) is 0 Å². The summed E-state index contributed by atoms with van der Waals surface area (Å²) in [6, 6.07) is 7.01. The Morgan fingerprint density at radius 2 is 2.30 bits per heavy atom. The third-order valence-corrected chi connectivity index (χ3v) is 6.73. The second kappa shape index (κ2) is 8.05. The summed E-state index contributed by atoms with van der Waals surface area (Å²) < 4.78 is 8.79. The van der Waals surface area contributed by atoms with Crippen LogP contribution in [0.25, 0.3) is 16.7 Å². The predicted molar refractivity (Wildman–Crippen MR) is 114 cm³/mol. The molecule has 0 radical (unpaired) electrons. The quantitative estimate of drug-likeness (QED) is 0.607. The second-order valence-electron chi connectivity index (χ2n) is 7.45. The van der Waals surface area contributed by atoms with Crippen LogP contribution in [0.5, 0.6) is 0 Å². The highest BCUT2D eigenvalue weighted by Crippen LogP contribution is 2.33. The Kier molecular flexibility index (Phi) is 5.26. The first-order valence-corrected chi connectivity index (χ1v) is 11.2. The second-order valence-corrected chi connectivity index (χ2v) is 8.87. The van der Waals surface area contributed by atoms with E-state index in [0.717, 1.165) is 25.1 Å². The Labute approximate surface area is 181 Å².